The summed E-state index contributed by atoms with van der Waals surface area (Å²) in [5.74, 6) is -0.348. The minimum Gasteiger partial charge on any atom is -0.457 e. The third-order valence-corrected chi connectivity index (χ3v) is 9.40. The lowest BCUT2D eigenvalue weighted by molar-refractivity contribution is -0.154. The van der Waals surface area contributed by atoms with Gasteiger partial charge in [0.1, 0.15) is 6.10 Å². The molecule has 0 aromatic heterocycles. The number of nitrogens with two attached hydrogens (primary N) is 1. The normalized spacial score (nSPS) is 14.2. The molecule has 2 atom stereocenters. The highest BCUT2D eigenvalue weighted by Crippen LogP contribution is 2.43. The van der Waals surface area contributed by atoms with Gasteiger partial charge in [0.05, 0.1) is 19.8 Å². The van der Waals surface area contributed by atoms with Gasteiger partial charge in [-0.15, -0.1) is 0 Å². The third-order valence-electron chi connectivity index (χ3n) is 8.42. The molecule has 9 heteroatoms. The summed E-state index contributed by atoms with van der Waals surface area (Å²) in [4.78, 5) is 22.4. The molecule has 3 N–H and O–H groups in total. The van der Waals surface area contributed by atoms with Gasteiger partial charge in [-0.1, -0.05) is 145 Å². The molecule has 0 bridgehead atoms. The van der Waals surface area contributed by atoms with E-state index in [-0.39, 0.29) is 32.3 Å². The van der Waals surface area contributed by atoms with Gasteiger partial charge in [-0.2, -0.15) is 0 Å². The van der Waals surface area contributed by atoms with Crippen molar-refractivity contribution in [3.05, 3.63) is 60.8 Å². The molecule has 0 rings (SSSR count). The smallest absolute Gasteiger partial charge is 0.457 e. The lowest BCUT2D eigenvalue weighted by Crippen LogP contribution is -2.28. The number of unbranched alkanes of at least 4 members (excludes halogenated alkanes) is 16. The predicted molar refractivity (Wildman–Crippen MR) is 219 cm³/mol. The Balaban J connectivity index is 4.11. The van der Waals surface area contributed by atoms with Crippen molar-refractivity contribution in [1.29, 1.82) is 0 Å². The molecule has 0 amide bonds. The Kier molecular flexibility index (Phi) is 39.0. The Bertz CT molecular complexity index is 979. The van der Waals surface area contributed by atoms with Crippen LogP contribution in [0.1, 0.15) is 168 Å². The maximum absolute atomic E-state index is 12.6. The Morgan fingerprint density at radius 3 is 1.63 bits per heavy atom. The highest BCUT2D eigenvalue weighted by molar-refractivity contribution is 7.47. The molecule has 0 aliphatic rings. The van der Waals surface area contributed by atoms with E-state index in [1.807, 2.05) is 0 Å². The summed E-state index contributed by atoms with van der Waals surface area (Å²) in [6, 6.07) is 0. The summed E-state index contributed by atoms with van der Waals surface area (Å²) in [5, 5.41) is 0. The van der Waals surface area contributed by atoms with E-state index in [4.69, 9.17) is 24.3 Å². The van der Waals surface area contributed by atoms with Crippen LogP contribution in [0.2, 0.25) is 0 Å². The van der Waals surface area contributed by atoms with Gasteiger partial charge in [0.2, 0.25) is 0 Å². The quantitative estimate of drug-likeness (QED) is 0.0276. The van der Waals surface area contributed by atoms with Crippen LogP contribution in [0.4, 0.5) is 0 Å². The zero-order valence-corrected chi connectivity index (χ0v) is 34.2. The second-order valence-corrected chi connectivity index (χ2v) is 14.9. The van der Waals surface area contributed by atoms with Gasteiger partial charge >= 0.3 is 13.8 Å². The van der Waals surface area contributed by atoms with Crippen LogP contribution < -0.4 is 5.73 Å². The van der Waals surface area contributed by atoms with Gasteiger partial charge in [0.15, 0.2) is 0 Å². The number of phosphoric acid groups is 1. The Morgan fingerprint density at radius 1 is 0.596 bits per heavy atom. The molecule has 0 heterocycles. The van der Waals surface area contributed by atoms with Gasteiger partial charge in [-0.25, -0.2) is 4.57 Å². The van der Waals surface area contributed by atoms with Crippen LogP contribution in [-0.2, 0) is 27.9 Å². The van der Waals surface area contributed by atoms with Gasteiger partial charge in [-0.3, -0.25) is 13.8 Å². The number of phosphoric ester groups is 1. The molecule has 0 spiro atoms. The van der Waals surface area contributed by atoms with Crippen LogP contribution >= 0.6 is 7.82 Å². The summed E-state index contributed by atoms with van der Waals surface area (Å²) >= 11 is 0. The lowest BCUT2D eigenvalue weighted by atomic mass is 10.1. The SMILES string of the molecule is CC/C=C\C/C=C\C/C=C\C/C=C\CCCCCCCOCC(COP(=O)(O)OCCN)OC(=O)CCCCCCC/C=C\CCCCCCCC. The molecule has 302 valence electrons. The van der Waals surface area contributed by atoms with Crippen LogP contribution in [0.25, 0.3) is 0 Å². The largest absolute Gasteiger partial charge is 0.472 e. The standard InChI is InChI=1S/C43H78NO7P/c1-3-5-7-9-11-13-15-17-19-20-21-23-25-27-29-31-33-35-38-48-40-42(41-50-52(46,47)49-39-37-44)51-43(45)36-34-32-30-28-26-24-22-18-16-14-12-10-8-6-4-2/h5,7,11,13,17-19,21-23,42H,3-4,6,8-10,12,14-16,20,24-41,44H2,1-2H3,(H,46,47)/b7-5-,13-11-,19-17-,22-18-,23-21-. The highest BCUT2D eigenvalue weighted by atomic mass is 31.2. The number of carbonyl (C=O) groups is 1. The minimum absolute atomic E-state index is 0.0931. The molecule has 52 heavy (non-hydrogen) atoms. The minimum atomic E-state index is -4.28. The highest BCUT2D eigenvalue weighted by Gasteiger charge is 2.25. The topological polar surface area (TPSA) is 117 Å². The molecule has 0 fully saturated rings. The van der Waals surface area contributed by atoms with Crippen LogP contribution in [0.3, 0.4) is 0 Å². The average molecular weight is 752 g/mol. The zero-order chi connectivity index (χ0) is 38.1. The van der Waals surface area contributed by atoms with Crippen molar-refractivity contribution in [2.75, 3.05) is 33.0 Å². The average Bonchev–Trinajstić information content (AvgIpc) is 3.13. The predicted octanol–water partition coefficient (Wildman–Crippen LogP) is 12.2. The monoisotopic (exact) mass is 752 g/mol. The first kappa shape index (κ1) is 50.2. The lowest BCUT2D eigenvalue weighted by Gasteiger charge is -2.20. The van der Waals surface area contributed by atoms with E-state index < -0.39 is 13.9 Å². The van der Waals surface area contributed by atoms with Crippen LogP contribution in [0, 0.1) is 0 Å². The second kappa shape index (κ2) is 40.4. The number of rotatable bonds is 39. The molecule has 0 aromatic carbocycles. The van der Waals surface area contributed by atoms with E-state index in [0.29, 0.717) is 13.0 Å². The summed E-state index contributed by atoms with van der Waals surface area (Å²) in [6.07, 6.45) is 48.0. The van der Waals surface area contributed by atoms with Crippen molar-refractivity contribution in [3.63, 3.8) is 0 Å². The fourth-order valence-electron chi connectivity index (χ4n) is 5.39. The number of esters is 1. The Hall–Kier alpha value is -1.80. The van der Waals surface area contributed by atoms with E-state index in [0.717, 1.165) is 83.5 Å². The molecule has 8 nitrogen and oxygen atoms in total. The van der Waals surface area contributed by atoms with Gasteiger partial charge < -0.3 is 20.1 Å². The number of carbonyl (C=O) groups excluding carboxylic acids is 1. The zero-order valence-electron chi connectivity index (χ0n) is 33.3. The first-order valence-corrected chi connectivity index (χ1v) is 22.3. The Morgan fingerprint density at radius 2 is 1.08 bits per heavy atom. The maximum Gasteiger partial charge on any atom is 0.472 e. The van der Waals surface area contributed by atoms with Gasteiger partial charge in [0.25, 0.3) is 0 Å². The molecule has 0 aliphatic carbocycles. The molecular weight excluding hydrogens is 673 g/mol. The number of hydrogen-bond acceptors (Lipinski definition) is 7. The van der Waals surface area contributed by atoms with E-state index in [9.17, 15) is 14.3 Å². The molecular formula is C43H78NO7P. The summed E-state index contributed by atoms with van der Waals surface area (Å²) in [6.45, 7) is 4.73. The van der Waals surface area contributed by atoms with Crippen LogP contribution in [-0.4, -0.2) is 49.9 Å². The second-order valence-electron chi connectivity index (χ2n) is 13.5. The molecule has 0 aliphatic heterocycles. The van der Waals surface area contributed by atoms with E-state index in [1.165, 1.54) is 64.2 Å². The maximum atomic E-state index is 12.6. The first-order chi connectivity index (χ1) is 25.4. The van der Waals surface area contributed by atoms with Crippen LogP contribution in [0.5, 0.6) is 0 Å². The molecule has 2 unspecified atom stereocenters. The first-order valence-electron chi connectivity index (χ1n) is 20.8. The molecule has 0 saturated heterocycles. The summed E-state index contributed by atoms with van der Waals surface area (Å²) < 4.78 is 33.4. The van der Waals surface area contributed by atoms with Crippen molar-refractivity contribution < 1.29 is 32.8 Å². The van der Waals surface area contributed by atoms with Crippen molar-refractivity contribution in [3.8, 4) is 0 Å². The van der Waals surface area contributed by atoms with E-state index in [2.05, 4.69) is 74.6 Å². The van der Waals surface area contributed by atoms with Crippen molar-refractivity contribution in [2.45, 2.75) is 174 Å². The summed E-state index contributed by atoms with van der Waals surface area (Å²) in [7, 11) is -4.28. The van der Waals surface area contributed by atoms with Gasteiger partial charge in [0, 0.05) is 19.6 Å². The van der Waals surface area contributed by atoms with E-state index >= 15 is 0 Å². The fourth-order valence-corrected chi connectivity index (χ4v) is 6.16. The molecule has 0 saturated carbocycles. The third kappa shape index (κ3) is 39.4. The molecule has 0 aromatic rings. The molecule has 0 radical (unpaired) electrons. The van der Waals surface area contributed by atoms with Crippen molar-refractivity contribution >= 4 is 13.8 Å². The van der Waals surface area contributed by atoms with Crippen LogP contribution in [0.15, 0.2) is 60.8 Å². The number of hydrogen-bond donors (Lipinski definition) is 2. The van der Waals surface area contributed by atoms with E-state index in [1.54, 1.807) is 0 Å². The van der Waals surface area contributed by atoms with Crippen molar-refractivity contribution in [1.82, 2.24) is 0 Å². The number of allylic oxidation sites excluding steroid dienone is 10. The van der Waals surface area contributed by atoms with Gasteiger partial charge in [-0.05, 0) is 77.0 Å². The fraction of sp³-hybridized carbons (Fsp3) is 0.744. The summed E-state index contributed by atoms with van der Waals surface area (Å²) in [5.41, 5.74) is 5.36. The number of ether oxygens (including phenoxy) is 2. The Labute approximate surface area is 319 Å². The van der Waals surface area contributed by atoms with Crippen molar-refractivity contribution in [2.24, 2.45) is 5.73 Å².